The van der Waals surface area contributed by atoms with Gasteiger partial charge in [0.1, 0.15) is 31.0 Å². The van der Waals surface area contributed by atoms with Gasteiger partial charge < -0.3 is 50.7 Å². The first-order valence-corrected chi connectivity index (χ1v) is 4.90. The molecular formula is C8H18O10. The van der Waals surface area contributed by atoms with Crippen LogP contribution in [-0.2, 0) is 4.74 Å². The zero-order valence-corrected chi connectivity index (χ0v) is 9.23. The third-order valence-electron chi connectivity index (χ3n) is 2.02. The highest BCUT2D eigenvalue weighted by atomic mass is 16.7. The van der Waals surface area contributed by atoms with Crippen molar-refractivity contribution in [2.45, 2.75) is 36.7 Å². The molecule has 0 rings (SSSR count). The van der Waals surface area contributed by atoms with Gasteiger partial charge in [0, 0.05) is 0 Å². The normalized spacial score (nSPS) is 21.2. The molecule has 110 valence electrons. The van der Waals surface area contributed by atoms with Crippen LogP contribution in [-0.4, -0.2) is 95.9 Å². The van der Waals surface area contributed by atoms with Crippen LogP contribution in [0.2, 0.25) is 0 Å². The maximum Gasteiger partial charge on any atom is 0.300 e. The van der Waals surface area contributed by atoms with Crippen molar-refractivity contribution in [2.24, 2.45) is 0 Å². The summed E-state index contributed by atoms with van der Waals surface area (Å²) >= 11 is 0. The average molecular weight is 274 g/mol. The summed E-state index contributed by atoms with van der Waals surface area (Å²) in [6.07, 6.45) is -10.1. The smallest absolute Gasteiger partial charge is 0.300 e. The summed E-state index contributed by atoms with van der Waals surface area (Å²) < 4.78 is 4.19. The molecule has 0 fully saturated rings. The van der Waals surface area contributed by atoms with Crippen LogP contribution in [0.25, 0.3) is 0 Å². The molecule has 18 heavy (non-hydrogen) atoms. The summed E-state index contributed by atoms with van der Waals surface area (Å²) in [7, 11) is 0. The van der Waals surface area contributed by atoms with Gasteiger partial charge in [-0.3, -0.25) is 0 Å². The SMILES string of the molecule is OC[C@@H](O)[C@@H](O)[C@H](O)[C@@H](O)C(O)OCC(O)(O)O. The van der Waals surface area contributed by atoms with Crippen LogP contribution in [0.15, 0.2) is 0 Å². The molecule has 10 nitrogen and oxygen atoms in total. The predicted molar refractivity (Wildman–Crippen MR) is 52.5 cm³/mol. The summed E-state index contributed by atoms with van der Waals surface area (Å²) in [4.78, 5) is 0. The van der Waals surface area contributed by atoms with Gasteiger partial charge in [0.2, 0.25) is 0 Å². The zero-order chi connectivity index (χ0) is 14.5. The van der Waals surface area contributed by atoms with Crippen molar-refractivity contribution in [1.29, 1.82) is 0 Å². The summed E-state index contributed by atoms with van der Waals surface area (Å²) in [6.45, 7) is -2.09. The van der Waals surface area contributed by atoms with Crippen LogP contribution in [0.1, 0.15) is 0 Å². The van der Waals surface area contributed by atoms with Gasteiger partial charge in [-0.15, -0.1) is 0 Å². The fraction of sp³-hybridized carbons (Fsp3) is 1.00. The molecule has 0 heterocycles. The van der Waals surface area contributed by atoms with Gasteiger partial charge in [0.05, 0.1) is 6.61 Å². The Hall–Kier alpha value is -0.400. The van der Waals surface area contributed by atoms with Crippen molar-refractivity contribution >= 4 is 0 Å². The van der Waals surface area contributed by atoms with E-state index in [1.165, 1.54) is 0 Å². The summed E-state index contributed by atoms with van der Waals surface area (Å²) in [5.74, 6) is -3.24. The zero-order valence-electron chi connectivity index (χ0n) is 9.23. The minimum atomic E-state index is -3.24. The lowest BCUT2D eigenvalue weighted by Gasteiger charge is -2.28. The topological polar surface area (TPSA) is 191 Å². The number of hydrogen-bond donors (Lipinski definition) is 9. The second-order valence-corrected chi connectivity index (χ2v) is 3.70. The fourth-order valence-corrected chi connectivity index (χ4v) is 1.00. The first-order chi connectivity index (χ1) is 8.10. The molecule has 0 spiro atoms. The highest BCUT2D eigenvalue weighted by Crippen LogP contribution is 2.10. The molecule has 0 saturated carbocycles. The first kappa shape index (κ1) is 17.6. The van der Waals surface area contributed by atoms with Crippen molar-refractivity contribution < 1.29 is 50.7 Å². The molecule has 0 saturated heterocycles. The van der Waals surface area contributed by atoms with Crippen LogP contribution >= 0.6 is 0 Å². The lowest BCUT2D eigenvalue weighted by Crippen LogP contribution is -2.51. The van der Waals surface area contributed by atoms with E-state index in [4.69, 9.17) is 30.6 Å². The Morgan fingerprint density at radius 3 is 1.72 bits per heavy atom. The van der Waals surface area contributed by atoms with Crippen LogP contribution in [0.5, 0.6) is 0 Å². The Morgan fingerprint density at radius 1 is 0.833 bits per heavy atom. The molecule has 0 aliphatic heterocycles. The maximum atomic E-state index is 9.29. The van der Waals surface area contributed by atoms with E-state index in [9.17, 15) is 15.3 Å². The van der Waals surface area contributed by atoms with Gasteiger partial charge in [-0.1, -0.05) is 0 Å². The second-order valence-electron chi connectivity index (χ2n) is 3.70. The molecule has 0 aromatic carbocycles. The molecule has 0 amide bonds. The maximum absolute atomic E-state index is 9.29. The molecule has 5 atom stereocenters. The van der Waals surface area contributed by atoms with Crippen molar-refractivity contribution in [2.75, 3.05) is 13.2 Å². The molecule has 10 heteroatoms. The molecular weight excluding hydrogens is 256 g/mol. The minimum Gasteiger partial charge on any atom is -0.394 e. The minimum absolute atomic E-state index is 0.894. The van der Waals surface area contributed by atoms with Crippen LogP contribution in [0, 0.1) is 0 Å². The van der Waals surface area contributed by atoms with Crippen LogP contribution in [0.4, 0.5) is 0 Å². The van der Waals surface area contributed by atoms with Crippen molar-refractivity contribution in [1.82, 2.24) is 0 Å². The van der Waals surface area contributed by atoms with E-state index in [1.54, 1.807) is 0 Å². The second kappa shape index (κ2) is 7.25. The van der Waals surface area contributed by atoms with E-state index in [-0.39, 0.29) is 0 Å². The molecule has 0 bridgehead atoms. The number of aliphatic hydroxyl groups excluding tert-OH is 6. The van der Waals surface area contributed by atoms with E-state index in [0.717, 1.165) is 0 Å². The largest absolute Gasteiger partial charge is 0.394 e. The number of rotatable bonds is 8. The molecule has 9 N–H and O–H groups in total. The summed E-state index contributed by atoms with van der Waals surface area (Å²) in [5.41, 5.74) is 0. The van der Waals surface area contributed by atoms with Crippen molar-refractivity contribution in [3.05, 3.63) is 0 Å². The fourth-order valence-electron chi connectivity index (χ4n) is 1.00. The van der Waals surface area contributed by atoms with Gasteiger partial charge in [-0.25, -0.2) is 0 Å². The summed E-state index contributed by atoms with van der Waals surface area (Å²) in [5, 5.41) is 79.7. The number of ether oxygens (including phenoxy) is 1. The van der Waals surface area contributed by atoms with E-state index < -0.39 is 49.9 Å². The van der Waals surface area contributed by atoms with E-state index in [0.29, 0.717) is 0 Å². The van der Waals surface area contributed by atoms with E-state index >= 15 is 0 Å². The van der Waals surface area contributed by atoms with Gasteiger partial charge in [-0.2, -0.15) is 0 Å². The predicted octanol–water partition coefficient (Wildman–Crippen LogP) is -5.61. The van der Waals surface area contributed by atoms with Crippen LogP contribution in [0.3, 0.4) is 0 Å². The molecule has 0 aromatic rings. The molecule has 1 unspecified atom stereocenters. The first-order valence-electron chi connectivity index (χ1n) is 4.90. The van der Waals surface area contributed by atoms with Gasteiger partial charge in [0.25, 0.3) is 5.97 Å². The molecule has 0 radical (unpaired) electrons. The lowest BCUT2D eigenvalue weighted by atomic mass is 10.0. The Labute approximate surface area is 102 Å². The monoisotopic (exact) mass is 274 g/mol. The summed E-state index contributed by atoms with van der Waals surface area (Å²) in [6, 6.07) is 0. The van der Waals surface area contributed by atoms with Gasteiger partial charge >= 0.3 is 0 Å². The highest BCUT2D eigenvalue weighted by Gasteiger charge is 2.35. The Morgan fingerprint density at radius 2 is 1.33 bits per heavy atom. The standard InChI is InChI=1S/C8H18O10/c9-1-3(10)4(11)5(12)6(13)7(14)18-2-8(15,16)17/h3-7,9-17H,1-2H2/t3-,4-,5+,6-,7?/m1/s1. The lowest BCUT2D eigenvalue weighted by molar-refractivity contribution is -0.351. The molecule has 0 aromatic heterocycles. The molecule has 0 aliphatic carbocycles. The van der Waals surface area contributed by atoms with E-state index in [2.05, 4.69) is 4.74 Å². The van der Waals surface area contributed by atoms with Crippen LogP contribution < -0.4 is 0 Å². The van der Waals surface area contributed by atoms with E-state index in [1.807, 2.05) is 0 Å². The molecule has 0 aliphatic rings. The Kier molecular flexibility index (Phi) is 7.09. The Balaban J connectivity index is 4.31. The Bertz CT molecular complexity index is 228. The van der Waals surface area contributed by atoms with Gasteiger partial charge in [0.15, 0.2) is 6.29 Å². The number of hydrogen-bond acceptors (Lipinski definition) is 10. The highest BCUT2D eigenvalue weighted by molar-refractivity contribution is 4.82. The number of aliphatic hydroxyl groups is 9. The quantitative estimate of drug-likeness (QED) is 0.193. The third kappa shape index (κ3) is 5.97. The third-order valence-corrected chi connectivity index (χ3v) is 2.02. The average Bonchev–Trinajstić information content (AvgIpc) is 2.31. The van der Waals surface area contributed by atoms with Crippen molar-refractivity contribution in [3.8, 4) is 0 Å². The van der Waals surface area contributed by atoms with Crippen molar-refractivity contribution in [3.63, 3.8) is 0 Å². The van der Waals surface area contributed by atoms with Gasteiger partial charge in [-0.05, 0) is 0 Å².